The average molecular weight is 451 g/mol. The molecule has 31 heavy (non-hydrogen) atoms. The van der Waals surface area contributed by atoms with Gasteiger partial charge in [0, 0.05) is 38.6 Å². The molecule has 2 heterocycles. The van der Waals surface area contributed by atoms with E-state index in [0.29, 0.717) is 30.5 Å². The summed E-state index contributed by atoms with van der Waals surface area (Å²) in [5, 5.41) is 4.03. The molecule has 164 valence electrons. The maximum absolute atomic E-state index is 13.1. The van der Waals surface area contributed by atoms with E-state index < -0.39 is 26.7 Å². The number of alkyl halides is 3. The van der Waals surface area contributed by atoms with E-state index in [9.17, 15) is 21.6 Å². The topological polar surface area (TPSA) is 78.4 Å². The molecule has 0 saturated carbocycles. The number of benzene rings is 2. The number of nitrogens with zero attached hydrogens (tertiary/aromatic N) is 4. The summed E-state index contributed by atoms with van der Waals surface area (Å²) in [5.41, 5.74) is -0.491. The molecule has 7 nitrogen and oxygen atoms in total. The van der Waals surface area contributed by atoms with E-state index in [4.69, 9.17) is 0 Å². The van der Waals surface area contributed by atoms with Crippen molar-refractivity contribution in [3.05, 3.63) is 54.1 Å². The number of hydrogen-bond donors (Lipinski definition) is 1. The summed E-state index contributed by atoms with van der Waals surface area (Å²) < 4.78 is 66.2. The van der Waals surface area contributed by atoms with Crippen LogP contribution in [0.3, 0.4) is 0 Å². The molecule has 0 atom stereocenters. The lowest BCUT2D eigenvalue weighted by atomic mass is 10.2. The molecule has 1 fully saturated rings. The Morgan fingerprint density at radius 1 is 1.03 bits per heavy atom. The van der Waals surface area contributed by atoms with Gasteiger partial charge in [0.15, 0.2) is 0 Å². The number of nitrogens with one attached hydrogen (secondary N) is 1. The summed E-state index contributed by atoms with van der Waals surface area (Å²) >= 11 is 0. The molecule has 0 unspecified atom stereocenters. The Balaban J connectivity index is 1.79. The van der Waals surface area contributed by atoms with Gasteiger partial charge in [0.05, 0.1) is 16.0 Å². The molecule has 0 radical (unpaired) electrons. The van der Waals surface area contributed by atoms with Crippen molar-refractivity contribution in [1.82, 2.24) is 15.3 Å². The largest absolute Gasteiger partial charge is 0.416 e. The van der Waals surface area contributed by atoms with Crippen LogP contribution in [0.5, 0.6) is 0 Å². The Morgan fingerprint density at radius 3 is 2.45 bits per heavy atom. The average Bonchev–Trinajstić information content (AvgIpc) is 2.78. The zero-order chi connectivity index (χ0) is 22.2. The van der Waals surface area contributed by atoms with Gasteiger partial charge in [-0.1, -0.05) is 18.2 Å². The molecule has 0 amide bonds. The van der Waals surface area contributed by atoms with Crippen LogP contribution in [0.1, 0.15) is 5.56 Å². The van der Waals surface area contributed by atoms with Gasteiger partial charge in [-0.25, -0.2) is 17.7 Å². The molecule has 1 aromatic heterocycles. The van der Waals surface area contributed by atoms with Gasteiger partial charge in [0.25, 0.3) is 10.0 Å². The van der Waals surface area contributed by atoms with Gasteiger partial charge in [-0.3, -0.25) is 0 Å². The number of anilines is 2. The normalized spacial score (nSPS) is 15.3. The molecule has 2 aromatic carbocycles. The molecule has 0 spiro atoms. The fraction of sp³-hybridized carbons (Fsp3) is 0.300. The molecule has 0 aliphatic carbocycles. The zero-order valence-electron chi connectivity index (χ0n) is 16.6. The Morgan fingerprint density at radius 2 is 1.74 bits per heavy atom. The molecular weight excluding hydrogens is 431 g/mol. The molecule has 1 N–H and O–H groups in total. The number of hydrogen-bond acceptors (Lipinski definition) is 6. The SMILES string of the molecule is CN(c1nc(N2CCNCC2)c2ccccc2n1)S(=O)(=O)c1cccc(C(F)(F)F)c1. The van der Waals surface area contributed by atoms with Crippen LogP contribution < -0.4 is 14.5 Å². The molecular formula is C20H20F3N5O2S. The van der Waals surface area contributed by atoms with Gasteiger partial charge in [-0.2, -0.15) is 18.2 Å². The highest BCUT2D eigenvalue weighted by Gasteiger charge is 2.33. The van der Waals surface area contributed by atoms with Crippen molar-refractivity contribution >= 4 is 32.7 Å². The van der Waals surface area contributed by atoms with E-state index >= 15 is 0 Å². The highest BCUT2D eigenvalue weighted by molar-refractivity contribution is 7.92. The van der Waals surface area contributed by atoms with Gasteiger partial charge in [0.1, 0.15) is 5.82 Å². The van der Waals surface area contributed by atoms with Gasteiger partial charge in [-0.15, -0.1) is 0 Å². The van der Waals surface area contributed by atoms with Crippen molar-refractivity contribution in [3.8, 4) is 0 Å². The van der Waals surface area contributed by atoms with E-state index in [1.807, 2.05) is 17.0 Å². The van der Waals surface area contributed by atoms with Crippen LogP contribution in [0.2, 0.25) is 0 Å². The lowest BCUT2D eigenvalue weighted by Gasteiger charge is -2.30. The van der Waals surface area contributed by atoms with Crippen molar-refractivity contribution < 1.29 is 21.6 Å². The monoisotopic (exact) mass is 451 g/mol. The second-order valence-corrected chi connectivity index (χ2v) is 9.07. The number of sulfonamides is 1. The van der Waals surface area contributed by atoms with Gasteiger partial charge in [0.2, 0.25) is 5.95 Å². The number of fused-ring (bicyclic) bond motifs is 1. The highest BCUT2D eigenvalue weighted by Crippen LogP contribution is 2.32. The van der Waals surface area contributed by atoms with Crippen molar-refractivity contribution in [2.75, 3.05) is 42.4 Å². The Bertz CT molecular complexity index is 1210. The van der Waals surface area contributed by atoms with E-state index in [1.165, 1.54) is 7.05 Å². The maximum atomic E-state index is 13.1. The van der Waals surface area contributed by atoms with Crippen LogP contribution in [-0.2, 0) is 16.2 Å². The zero-order valence-corrected chi connectivity index (χ0v) is 17.4. The molecule has 11 heteroatoms. The van der Waals surface area contributed by atoms with Crippen molar-refractivity contribution in [1.29, 1.82) is 0 Å². The highest BCUT2D eigenvalue weighted by atomic mass is 32.2. The fourth-order valence-electron chi connectivity index (χ4n) is 3.40. The Kier molecular flexibility index (Phi) is 5.48. The first-order valence-corrected chi connectivity index (χ1v) is 11.0. The lowest BCUT2D eigenvalue weighted by Crippen LogP contribution is -2.44. The summed E-state index contributed by atoms with van der Waals surface area (Å²) in [6, 6.07) is 10.9. The van der Waals surface area contributed by atoms with Crippen LogP contribution >= 0.6 is 0 Å². The van der Waals surface area contributed by atoms with Crippen molar-refractivity contribution in [3.63, 3.8) is 0 Å². The molecule has 0 bridgehead atoms. The van der Waals surface area contributed by atoms with Gasteiger partial charge in [-0.05, 0) is 30.3 Å². The molecule has 4 rings (SSSR count). The van der Waals surface area contributed by atoms with Crippen LogP contribution in [0, 0.1) is 0 Å². The molecule has 1 aliphatic heterocycles. The van der Waals surface area contributed by atoms with Crippen molar-refractivity contribution in [2.45, 2.75) is 11.1 Å². The van der Waals surface area contributed by atoms with Crippen LogP contribution in [-0.4, -0.2) is 51.6 Å². The van der Waals surface area contributed by atoms with Crippen LogP contribution in [0.15, 0.2) is 53.4 Å². The summed E-state index contributed by atoms with van der Waals surface area (Å²) in [4.78, 5) is 10.4. The van der Waals surface area contributed by atoms with Crippen LogP contribution in [0.4, 0.5) is 24.9 Å². The third-order valence-corrected chi connectivity index (χ3v) is 6.82. The number of aromatic nitrogens is 2. The first kappa shape index (κ1) is 21.3. The lowest BCUT2D eigenvalue weighted by molar-refractivity contribution is -0.137. The fourth-order valence-corrected chi connectivity index (χ4v) is 4.54. The maximum Gasteiger partial charge on any atom is 0.416 e. The Labute approximate surface area is 177 Å². The minimum absolute atomic E-state index is 0.107. The van der Waals surface area contributed by atoms with Gasteiger partial charge < -0.3 is 10.2 Å². The van der Waals surface area contributed by atoms with E-state index in [2.05, 4.69) is 15.3 Å². The van der Waals surface area contributed by atoms with E-state index in [1.54, 1.807) is 12.1 Å². The van der Waals surface area contributed by atoms with Gasteiger partial charge >= 0.3 is 6.18 Å². The third-order valence-electron chi connectivity index (χ3n) is 5.09. The standard InChI is InChI=1S/C20H20F3N5O2S/c1-27(31(29,30)15-6-4-5-14(13-15)20(21,22)23)19-25-17-8-3-2-7-16(17)18(26-19)28-11-9-24-10-12-28/h2-8,13,24H,9-12H2,1H3. The minimum atomic E-state index is -4.65. The quantitative estimate of drug-likeness (QED) is 0.657. The van der Waals surface area contributed by atoms with Crippen molar-refractivity contribution in [2.24, 2.45) is 0 Å². The second kappa shape index (κ2) is 7.97. The first-order valence-electron chi connectivity index (χ1n) is 9.56. The second-order valence-electron chi connectivity index (χ2n) is 7.10. The first-order chi connectivity index (χ1) is 14.7. The third kappa shape index (κ3) is 4.15. The predicted octanol–water partition coefficient (Wildman–Crippen LogP) is 2.88. The molecule has 3 aromatic rings. The number of rotatable bonds is 4. The smallest absolute Gasteiger partial charge is 0.353 e. The summed E-state index contributed by atoms with van der Waals surface area (Å²) in [6.07, 6.45) is -4.65. The minimum Gasteiger partial charge on any atom is -0.353 e. The summed E-state index contributed by atoms with van der Waals surface area (Å²) in [6.45, 7) is 2.88. The summed E-state index contributed by atoms with van der Waals surface area (Å²) in [7, 11) is -3.08. The van der Waals surface area contributed by atoms with E-state index in [0.717, 1.165) is 41.0 Å². The number of halogens is 3. The molecule has 1 saturated heterocycles. The molecule has 1 aliphatic rings. The number of para-hydroxylation sites is 1. The number of piperazine rings is 1. The Hall–Kier alpha value is -2.92. The predicted molar refractivity (Wildman–Crippen MR) is 112 cm³/mol. The van der Waals surface area contributed by atoms with Crippen LogP contribution in [0.25, 0.3) is 10.9 Å². The van der Waals surface area contributed by atoms with E-state index in [-0.39, 0.29) is 5.95 Å². The summed E-state index contributed by atoms with van der Waals surface area (Å²) in [5.74, 6) is 0.484.